The fraction of sp³-hybridized carbons (Fsp3) is 0.214. The Bertz CT molecular complexity index is 585. The van der Waals surface area contributed by atoms with E-state index in [1.807, 2.05) is 42.8 Å². The van der Waals surface area contributed by atoms with E-state index in [1.54, 1.807) is 12.3 Å². The van der Waals surface area contributed by atoms with Gasteiger partial charge in [-0.15, -0.1) is 0 Å². The molecule has 0 fully saturated rings. The Labute approximate surface area is 106 Å². The number of para-hydroxylation sites is 1. The molecule has 0 aliphatic heterocycles. The maximum Gasteiger partial charge on any atom is 0.337 e. The SMILES string of the molecule is CC(C)n1cc(C(=O)O)c(-c2ccccc2N)c1. The molecule has 0 atom stereocenters. The quantitative estimate of drug-likeness (QED) is 0.815. The van der Waals surface area contributed by atoms with Crippen LogP contribution >= 0.6 is 0 Å². The van der Waals surface area contributed by atoms with E-state index < -0.39 is 5.97 Å². The number of rotatable bonds is 3. The van der Waals surface area contributed by atoms with Crippen LogP contribution in [0, 0.1) is 0 Å². The van der Waals surface area contributed by atoms with E-state index in [4.69, 9.17) is 5.73 Å². The summed E-state index contributed by atoms with van der Waals surface area (Å²) in [5.41, 5.74) is 8.19. The summed E-state index contributed by atoms with van der Waals surface area (Å²) in [5, 5.41) is 9.26. The van der Waals surface area contributed by atoms with Crippen molar-refractivity contribution in [3.8, 4) is 11.1 Å². The average molecular weight is 244 g/mol. The second kappa shape index (κ2) is 4.56. The van der Waals surface area contributed by atoms with E-state index in [1.165, 1.54) is 0 Å². The van der Waals surface area contributed by atoms with Crippen LogP contribution in [0.15, 0.2) is 36.7 Å². The fourth-order valence-electron chi connectivity index (χ4n) is 1.90. The van der Waals surface area contributed by atoms with Crippen LogP contribution in [0.2, 0.25) is 0 Å². The van der Waals surface area contributed by atoms with Crippen molar-refractivity contribution in [3.05, 3.63) is 42.2 Å². The molecule has 2 rings (SSSR count). The van der Waals surface area contributed by atoms with Gasteiger partial charge >= 0.3 is 5.97 Å². The first-order valence-corrected chi connectivity index (χ1v) is 5.80. The number of carboxylic acid groups (broad SMARTS) is 1. The van der Waals surface area contributed by atoms with Gasteiger partial charge < -0.3 is 15.4 Å². The van der Waals surface area contributed by atoms with Crippen LogP contribution in [-0.4, -0.2) is 15.6 Å². The van der Waals surface area contributed by atoms with Crippen molar-refractivity contribution in [3.63, 3.8) is 0 Å². The summed E-state index contributed by atoms with van der Waals surface area (Å²) in [6.45, 7) is 4.01. The van der Waals surface area contributed by atoms with Crippen LogP contribution in [0.25, 0.3) is 11.1 Å². The zero-order chi connectivity index (χ0) is 13.3. The molecule has 1 aromatic heterocycles. The van der Waals surface area contributed by atoms with Gasteiger partial charge in [0.15, 0.2) is 0 Å². The third kappa shape index (κ3) is 2.09. The standard InChI is InChI=1S/C14H16N2O2/c1-9(2)16-7-11(12(8-16)14(17)18)10-5-3-4-6-13(10)15/h3-9H,15H2,1-2H3,(H,17,18). The molecule has 0 aliphatic rings. The molecule has 0 saturated carbocycles. The number of carboxylic acids is 1. The van der Waals surface area contributed by atoms with Gasteiger partial charge in [0, 0.05) is 35.2 Å². The number of benzene rings is 1. The predicted molar refractivity (Wildman–Crippen MR) is 71.6 cm³/mol. The molecule has 1 aromatic carbocycles. The zero-order valence-electron chi connectivity index (χ0n) is 10.4. The Morgan fingerprint density at radius 1 is 1.22 bits per heavy atom. The van der Waals surface area contributed by atoms with Crippen LogP contribution in [0.4, 0.5) is 5.69 Å². The van der Waals surface area contributed by atoms with E-state index in [2.05, 4.69) is 0 Å². The lowest BCUT2D eigenvalue weighted by Crippen LogP contribution is -1.98. The Balaban J connectivity index is 2.63. The van der Waals surface area contributed by atoms with E-state index in [0.717, 1.165) is 5.56 Å². The Morgan fingerprint density at radius 3 is 2.44 bits per heavy atom. The number of nitrogens with zero attached hydrogens (tertiary/aromatic N) is 1. The summed E-state index contributed by atoms with van der Waals surface area (Å²) in [6.07, 6.45) is 3.48. The summed E-state index contributed by atoms with van der Waals surface area (Å²) in [6, 6.07) is 7.50. The number of hydrogen-bond acceptors (Lipinski definition) is 2. The normalized spacial score (nSPS) is 10.8. The minimum absolute atomic E-state index is 0.210. The first-order chi connectivity index (χ1) is 8.50. The van der Waals surface area contributed by atoms with E-state index in [-0.39, 0.29) is 11.6 Å². The zero-order valence-corrected chi connectivity index (χ0v) is 10.4. The van der Waals surface area contributed by atoms with Gasteiger partial charge in [-0.3, -0.25) is 0 Å². The molecule has 0 amide bonds. The number of anilines is 1. The molecule has 0 radical (unpaired) electrons. The van der Waals surface area contributed by atoms with Crippen molar-refractivity contribution >= 4 is 11.7 Å². The lowest BCUT2D eigenvalue weighted by molar-refractivity contribution is 0.0697. The van der Waals surface area contributed by atoms with Crippen molar-refractivity contribution in [1.82, 2.24) is 4.57 Å². The van der Waals surface area contributed by atoms with Crippen LogP contribution in [0.5, 0.6) is 0 Å². The Morgan fingerprint density at radius 2 is 1.89 bits per heavy atom. The van der Waals surface area contributed by atoms with Crippen LogP contribution < -0.4 is 5.73 Å². The summed E-state index contributed by atoms with van der Waals surface area (Å²) in [5.74, 6) is -0.937. The van der Waals surface area contributed by atoms with Gasteiger partial charge in [-0.1, -0.05) is 18.2 Å². The molecule has 18 heavy (non-hydrogen) atoms. The lowest BCUT2D eigenvalue weighted by atomic mass is 10.0. The van der Waals surface area contributed by atoms with Crippen LogP contribution in [0.3, 0.4) is 0 Å². The van der Waals surface area contributed by atoms with Crippen molar-refractivity contribution in [2.45, 2.75) is 19.9 Å². The van der Waals surface area contributed by atoms with Gasteiger partial charge in [-0.05, 0) is 19.9 Å². The first kappa shape index (κ1) is 12.2. The monoisotopic (exact) mass is 244 g/mol. The molecule has 94 valence electrons. The summed E-state index contributed by atoms with van der Waals surface area (Å²) >= 11 is 0. The third-order valence-electron chi connectivity index (χ3n) is 2.92. The van der Waals surface area contributed by atoms with Crippen molar-refractivity contribution in [1.29, 1.82) is 0 Å². The Hall–Kier alpha value is -2.23. The summed E-state index contributed by atoms with van der Waals surface area (Å²) in [7, 11) is 0. The lowest BCUT2D eigenvalue weighted by Gasteiger charge is -2.06. The van der Waals surface area contributed by atoms with E-state index in [0.29, 0.717) is 11.3 Å². The van der Waals surface area contributed by atoms with E-state index >= 15 is 0 Å². The predicted octanol–water partition coefficient (Wildman–Crippen LogP) is 3.02. The highest BCUT2D eigenvalue weighted by Crippen LogP contribution is 2.30. The number of aromatic nitrogens is 1. The number of aromatic carboxylic acids is 1. The molecule has 0 aliphatic carbocycles. The fourth-order valence-corrected chi connectivity index (χ4v) is 1.90. The molecule has 4 heteroatoms. The second-order valence-corrected chi connectivity index (χ2v) is 4.52. The molecular weight excluding hydrogens is 228 g/mol. The summed E-state index contributed by atoms with van der Waals surface area (Å²) < 4.78 is 1.88. The van der Waals surface area contributed by atoms with Gasteiger partial charge in [-0.25, -0.2) is 4.79 Å². The van der Waals surface area contributed by atoms with Gasteiger partial charge in [-0.2, -0.15) is 0 Å². The topological polar surface area (TPSA) is 68.2 Å². The van der Waals surface area contributed by atoms with Crippen molar-refractivity contribution in [2.75, 3.05) is 5.73 Å². The molecule has 0 unspecified atom stereocenters. The maximum absolute atomic E-state index is 11.3. The molecule has 2 aromatic rings. The van der Waals surface area contributed by atoms with Gasteiger partial charge in [0.1, 0.15) is 0 Å². The highest BCUT2D eigenvalue weighted by atomic mass is 16.4. The highest BCUT2D eigenvalue weighted by Gasteiger charge is 2.17. The molecular formula is C14H16N2O2. The average Bonchev–Trinajstić information content (AvgIpc) is 2.74. The second-order valence-electron chi connectivity index (χ2n) is 4.52. The van der Waals surface area contributed by atoms with Gasteiger partial charge in [0.25, 0.3) is 0 Å². The molecule has 3 N–H and O–H groups in total. The summed E-state index contributed by atoms with van der Waals surface area (Å²) in [4.78, 5) is 11.3. The van der Waals surface area contributed by atoms with Crippen molar-refractivity contribution in [2.24, 2.45) is 0 Å². The van der Waals surface area contributed by atoms with Gasteiger partial charge in [0.2, 0.25) is 0 Å². The Kier molecular flexibility index (Phi) is 3.10. The third-order valence-corrected chi connectivity index (χ3v) is 2.92. The highest BCUT2D eigenvalue weighted by molar-refractivity contribution is 5.97. The van der Waals surface area contributed by atoms with E-state index in [9.17, 15) is 9.90 Å². The first-order valence-electron chi connectivity index (χ1n) is 5.80. The largest absolute Gasteiger partial charge is 0.478 e. The number of carbonyl (C=O) groups is 1. The molecule has 1 heterocycles. The van der Waals surface area contributed by atoms with Crippen LogP contribution in [-0.2, 0) is 0 Å². The van der Waals surface area contributed by atoms with Gasteiger partial charge in [0.05, 0.1) is 5.56 Å². The maximum atomic E-state index is 11.3. The molecule has 4 nitrogen and oxygen atoms in total. The molecule has 0 saturated heterocycles. The number of nitrogens with two attached hydrogens (primary N) is 1. The van der Waals surface area contributed by atoms with Crippen LogP contribution in [0.1, 0.15) is 30.2 Å². The smallest absolute Gasteiger partial charge is 0.337 e. The van der Waals surface area contributed by atoms with Crippen molar-refractivity contribution < 1.29 is 9.90 Å². The minimum atomic E-state index is -0.937. The number of hydrogen-bond donors (Lipinski definition) is 2. The minimum Gasteiger partial charge on any atom is -0.478 e. The molecule has 0 spiro atoms. The number of nitrogen functional groups attached to an aromatic ring is 1. The molecule has 0 bridgehead atoms.